The number of aromatic hydroxyl groups is 1. The summed E-state index contributed by atoms with van der Waals surface area (Å²) in [4.78, 5) is 11.9. The van der Waals surface area contributed by atoms with Crippen molar-refractivity contribution in [1.82, 2.24) is 5.32 Å². The number of phenolic OH excluding ortho intramolecular Hbond substituents is 1. The summed E-state index contributed by atoms with van der Waals surface area (Å²) in [5.41, 5.74) is 2.92. The van der Waals surface area contributed by atoms with E-state index in [0.29, 0.717) is 11.1 Å². The van der Waals surface area contributed by atoms with Crippen molar-refractivity contribution in [3.05, 3.63) is 76.3 Å². The molecule has 0 radical (unpaired) electrons. The van der Waals surface area contributed by atoms with Crippen LogP contribution in [0, 0.1) is 0 Å². The van der Waals surface area contributed by atoms with Crippen molar-refractivity contribution in [2.24, 2.45) is 0 Å². The van der Waals surface area contributed by atoms with Gasteiger partial charge in [-0.05, 0) is 35.9 Å². The summed E-state index contributed by atoms with van der Waals surface area (Å²) in [6.45, 7) is 1.47. The minimum absolute atomic E-state index is 0.116. The lowest BCUT2D eigenvalue weighted by Crippen LogP contribution is -2.27. The molecule has 1 heterocycles. The van der Waals surface area contributed by atoms with Gasteiger partial charge in [0, 0.05) is 27.7 Å². The molecule has 0 spiro atoms. The van der Waals surface area contributed by atoms with Crippen molar-refractivity contribution in [3.63, 3.8) is 0 Å². The van der Waals surface area contributed by atoms with E-state index in [4.69, 9.17) is 4.42 Å². The van der Waals surface area contributed by atoms with Gasteiger partial charge in [0.05, 0.1) is 6.04 Å². The van der Waals surface area contributed by atoms with Gasteiger partial charge in [-0.3, -0.25) is 4.79 Å². The second-order valence-electron chi connectivity index (χ2n) is 6.15. The summed E-state index contributed by atoms with van der Waals surface area (Å²) in [6.07, 6.45) is 0. The lowest BCUT2D eigenvalue weighted by Gasteiger charge is -2.21. The molecule has 1 amide bonds. The van der Waals surface area contributed by atoms with Crippen LogP contribution in [0.2, 0.25) is 0 Å². The first kappa shape index (κ1) is 16.7. The Labute approximate surface area is 158 Å². The molecule has 5 heteroatoms. The molecule has 0 fully saturated rings. The zero-order chi connectivity index (χ0) is 18.3. The Kier molecular flexibility index (Phi) is 4.17. The topological polar surface area (TPSA) is 62.5 Å². The lowest BCUT2D eigenvalue weighted by atomic mass is 9.93. The van der Waals surface area contributed by atoms with Crippen LogP contribution in [-0.2, 0) is 4.79 Å². The predicted molar refractivity (Wildman–Crippen MR) is 105 cm³/mol. The van der Waals surface area contributed by atoms with Crippen molar-refractivity contribution in [3.8, 4) is 5.75 Å². The number of benzene rings is 3. The number of carbonyl (C=O) groups excluding carboxylic acids is 1. The van der Waals surface area contributed by atoms with Crippen molar-refractivity contribution < 1.29 is 14.3 Å². The van der Waals surface area contributed by atoms with Gasteiger partial charge >= 0.3 is 0 Å². The molecule has 1 atom stereocenters. The summed E-state index contributed by atoms with van der Waals surface area (Å²) in [6, 6.07) is 18.2. The molecular weight excluding hydrogens is 394 g/mol. The van der Waals surface area contributed by atoms with E-state index in [9.17, 15) is 9.90 Å². The van der Waals surface area contributed by atoms with Gasteiger partial charge < -0.3 is 14.8 Å². The predicted octanol–water partition coefficient (Wildman–Crippen LogP) is 5.28. The zero-order valence-corrected chi connectivity index (χ0v) is 15.6. The maximum absolute atomic E-state index is 11.9. The van der Waals surface area contributed by atoms with Crippen LogP contribution in [0.1, 0.15) is 24.1 Å². The number of amides is 1. The minimum atomic E-state index is -0.495. The average Bonchev–Trinajstić information content (AvgIpc) is 2.99. The molecule has 4 rings (SSSR count). The number of furan rings is 1. The minimum Gasteiger partial charge on any atom is -0.508 e. The SMILES string of the molecule is CC(=O)NC(c1ccc(Br)cc1)c1c(O)ccc2oc3ccccc3c12. The van der Waals surface area contributed by atoms with Gasteiger partial charge in [-0.15, -0.1) is 0 Å². The maximum atomic E-state index is 11.9. The Bertz CT molecular complexity index is 1120. The van der Waals surface area contributed by atoms with Gasteiger partial charge in [0.2, 0.25) is 5.91 Å². The fourth-order valence-electron chi connectivity index (χ4n) is 3.30. The Balaban J connectivity index is 2.03. The highest BCUT2D eigenvalue weighted by atomic mass is 79.9. The third kappa shape index (κ3) is 2.84. The standard InChI is InChI=1S/C21H16BrNO3/c1-12(24)23-21(13-6-8-14(22)9-7-13)20-16(25)10-11-18-19(20)15-4-2-3-5-17(15)26-18/h2-11,21,25H,1H3,(H,23,24). The van der Waals surface area contributed by atoms with Crippen LogP contribution in [0.15, 0.2) is 69.6 Å². The van der Waals surface area contributed by atoms with E-state index in [1.807, 2.05) is 48.5 Å². The number of carbonyl (C=O) groups is 1. The molecule has 1 unspecified atom stereocenters. The van der Waals surface area contributed by atoms with Gasteiger partial charge in [-0.1, -0.05) is 46.3 Å². The zero-order valence-electron chi connectivity index (χ0n) is 14.0. The second-order valence-corrected chi connectivity index (χ2v) is 7.07. The van der Waals surface area contributed by atoms with Crippen LogP contribution >= 0.6 is 15.9 Å². The number of nitrogens with one attached hydrogen (secondary N) is 1. The summed E-state index contributed by atoms with van der Waals surface area (Å²) in [7, 11) is 0. The number of rotatable bonds is 3. The molecular formula is C21H16BrNO3. The van der Waals surface area contributed by atoms with Crippen LogP contribution < -0.4 is 5.32 Å². The number of hydrogen-bond acceptors (Lipinski definition) is 3. The molecule has 0 aliphatic rings. The van der Waals surface area contributed by atoms with Crippen molar-refractivity contribution in [2.45, 2.75) is 13.0 Å². The molecule has 26 heavy (non-hydrogen) atoms. The summed E-state index contributed by atoms with van der Waals surface area (Å²) in [5, 5.41) is 15.4. The van der Waals surface area contributed by atoms with Crippen molar-refractivity contribution >= 4 is 43.8 Å². The molecule has 0 aliphatic carbocycles. The van der Waals surface area contributed by atoms with Crippen LogP contribution in [0.3, 0.4) is 0 Å². The Morgan fingerprint density at radius 1 is 1.04 bits per heavy atom. The molecule has 4 aromatic rings. The van der Waals surface area contributed by atoms with Gasteiger partial charge in [-0.2, -0.15) is 0 Å². The Morgan fingerprint density at radius 3 is 2.50 bits per heavy atom. The molecule has 0 aliphatic heterocycles. The molecule has 2 N–H and O–H groups in total. The van der Waals surface area contributed by atoms with E-state index >= 15 is 0 Å². The van der Waals surface area contributed by atoms with Gasteiger partial charge in [-0.25, -0.2) is 0 Å². The maximum Gasteiger partial charge on any atom is 0.217 e. The number of para-hydroxylation sites is 1. The fraction of sp³-hybridized carbons (Fsp3) is 0.0952. The van der Waals surface area contributed by atoms with Gasteiger partial charge in [0.1, 0.15) is 16.9 Å². The number of hydrogen-bond donors (Lipinski definition) is 2. The number of phenols is 1. The monoisotopic (exact) mass is 409 g/mol. The third-order valence-corrected chi connectivity index (χ3v) is 4.93. The van der Waals surface area contributed by atoms with Gasteiger partial charge in [0.25, 0.3) is 0 Å². The first-order valence-electron chi connectivity index (χ1n) is 8.20. The highest BCUT2D eigenvalue weighted by Crippen LogP contribution is 2.41. The van der Waals surface area contributed by atoms with Crippen LogP contribution in [0.4, 0.5) is 0 Å². The molecule has 0 saturated carbocycles. The molecule has 4 nitrogen and oxygen atoms in total. The fourth-order valence-corrected chi connectivity index (χ4v) is 3.57. The van der Waals surface area contributed by atoms with Crippen LogP contribution in [0.5, 0.6) is 5.75 Å². The van der Waals surface area contributed by atoms with Crippen LogP contribution in [0.25, 0.3) is 21.9 Å². The normalized spacial score (nSPS) is 12.4. The molecule has 3 aromatic carbocycles. The quantitative estimate of drug-likeness (QED) is 0.483. The summed E-state index contributed by atoms with van der Waals surface area (Å²) >= 11 is 3.43. The van der Waals surface area contributed by atoms with E-state index in [2.05, 4.69) is 21.2 Å². The Morgan fingerprint density at radius 2 is 1.77 bits per heavy atom. The highest BCUT2D eigenvalue weighted by Gasteiger charge is 2.24. The second kappa shape index (κ2) is 6.50. The number of fused-ring (bicyclic) bond motifs is 3. The van der Waals surface area contributed by atoms with E-state index in [1.54, 1.807) is 12.1 Å². The third-order valence-electron chi connectivity index (χ3n) is 4.40. The molecule has 130 valence electrons. The molecule has 1 aromatic heterocycles. The smallest absolute Gasteiger partial charge is 0.217 e. The summed E-state index contributed by atoms with van der Waals surface area (Å²) < 4.78 is 6.87. The summed E-state index contributed by atoms with van der Waals surface area (Å²) in [5.74, 6) is -0.0622. The van der Waals surface area contributed by atoms with E-state index in [1.165, 1.54) is 6.92 Å². The van der Waals surface area contributed by atoms with Crippen molar-refractivity contribution in [2.75, 3.05) is 0 Å². The average molecular weight is 410 g/mol. The first-order chi connectivity index (χ1) is 12.5. The molecule has 0 bridgehead atoms. The van der Waals surface area contributed by atoms with Gasteiger partial charge in [0.15, 0.2) is 0 Å². The highest BCUT2D eigenvalue weighted by molar-refractivity contribution is 9.10. The van der Waals surface area contributed by atoms with Crippen molar-refractivity contribution in [1.29, 1.82) is 0 Å². The Hall–Kier alpha value is -2.79. The van der Waals surface area contributed by atoms with E-state index in [-0.39, 0.29) is 11.7 Å². The molecule has 0 saturated heterocycles. The van der Waals surface area contributed by atoms with E-state index in [0.717, 1.165) is 26.4 Å². The van der Waals surface area contributed by atoms with Crippen LogP contribution in [-0.4, -0.2) is 11.0 Å². The largest absolute Gasteiger partial charge is 0.508 e. The lowest BCUT2D eigenvalue weighted by molar-refractivity contribution is -0.119. The first-order valence-corrected chi connectivity index (χ1v) is 8.99. The van der Waals surface area contributed by atoms with E-state index < -0.39 is 6.04 Å². The number of halogens is 1.